The van der Waals surface area contributed by atoms with Crippen LogP contribution in [0.25, 0.3) is 0 Å². The number of hydrogen-bond donors (Lipinski definition) is 1. The Hall–Kier alpha value is -0.680. The molecule has 0 unspecified atom stereocenters. The SMILES string of the molecule is CCCNc1nc(C2(OC)CCC(C)(C)CC2)ncc1Br. The van der Waals surface area contributed by atoms with Crippen molar-refractivity contribution in [3.05, 3.63) is 16.5 Å². The largest absolute Gasteiger partial charge is 0.370 e. The van der Waals surface area contributed by atoms with E-state index in [2.05, 4.69) is 47.0 Å². The molecule has 21 heavy (non-hydrogen) atoms. The Labute approximate surface area is 136 Å². The predicted molar refractivity (Wildman–Crippen MR) is 89.4 cm³/mol. The lowest BCUT2D eigenvalue weighted by Gasteiger charge is -2.41. The predicted octanol–water partition coefficient (Wildman–Crippen LogP) is 4.50. The minimum atomic E-state index is -0.334. The van der Waals surface area contributed by atoms with E-state index in [9.17, 15) is 0 Å². The molecule has 1 heterocycles. The second kappa shape index (κ2) is 6.61. The highest BCUT2D eigenvalue weighted by Crippen LogP contribution is 2.46. The average molecular weight is 356 g/mol. The zero-order valence-electron chi connectivity index (χ0n) is 13.5. The number of hydrogen-bond acceptors (Lipinski definition) is 4. The van der Waals surface area contributed by atoms with Gasteiger partial charge in [0, 0.05) is 19.9 Å². The quantitative estimate of drug-likeness (QED) is 0.844. The first-order valence-corrected chi connectivity index (χ1v) is 8.54. The number of halogens is 1. The Balaban J connectivity index is 2.26. The van der Waals surface area contributed by atoms with Gasteiger partial charge in [0.05, 0.1) is 4.47 Å². The first-order valence-electron chi connectivity index (χ1n) is 7.74. The molecule has 0 atom stereocenters. The number of ether oxygens (including phenoxy) is 1. The summed E-state index contributed by atoms with van der Waals surface area (Å²) in [5.74, 6) is 1.67. The van der Waals surface area contributed by atoms with Crippen LogP contribution in [0.1, 0.15) is 58.7 Å². The van der Waals surface area contributed by atoms with Crippen LogP contribution in [0.3, 0.4) is 0 Å². The van der Waals surface area contributed by atoms with Gasteiger partial charge in [0.1, 0.15) is 11.4 Å². The molecule has 1 aromatic rings. The van der Waals surface area contributed by atoms with Crippen molar-refractivity contribution in [1.29, 1.82) is 0 Å². The summed E-state index contributed by atoms with van der Waals surface area (Å²) in [5.41, 5.74) is 0.0551. The molecule has 0 spiro atoms. The molecule has 1 fully saturated rings. The van der Waals surface area contributed by atoms with E-state index >= 15 is 0 Å². The molecule has 0 bridgehead atoms. The van der Waals surface area contributed by atoms with Gasteiger partial charge in [0.25, 0.3) is 0 Å². The van der Waals surface area contributed by atoms with Crippen LogP contribution >= 0.6 is 15.9 Å². The van der Waals surface area contributed by atoms with Crippen molar-refractivity contribution in [2.45, 2.75) is 58.5 Å². The van der Waals surface area contributed by atoms with Gasteiger partial charge in [-0.05, 0) is 53.4 Å². The van der Waals surface area contributed by atoms with Crippen LogP contribution in [0.2, 0.25) is 0 Å². The van der Waals surface area contributed by atoms with E-state index in [0.717, 1.165) is 54.8 Å². The van der Waals surface area contributed by atoms with E-state index < -0.39 is 0 Å². The summed E-state index contributed by atoms with van der Waals surface area (Å²) in [6.45, 7) is 7.69. The highest BCUT2D eigenvalue weighted by molar-refractivity contribution is 9.10. The smallest absolute Gasteiger partial charge is 0.162 e. The summed E-state index contributed by atoms with van der Waals surface area (Å²) in [7, 11) is 1.78. The standard InChI is InChI=1S/C16H26BrN3O/c1-5-10-18-13-12(17)11-19-14(20-13)16(21-4)8-6-15(2,3)7-9-16/h11H,5-10H2,1-4H3,(H,18,19,20). The summed E-state index contributed by atoms with van der Waals surface area (Å²) < 4.78 is 6.79. The van der Waals surface area contributed by atoms with Crippen LogP contribution < -0.4 is 5.32 Å². The molecule has 1 N–H and O–H groups in total. The normalized spacial score (nSPS) is 20.2. The van der Waals surface area contributed by atoms with Crippen LogP contribution in [-0.2, 0) is 10.3 Å². The second-order valence-electron chi connectivity index (χ2n) is 6.68. The molecule has 2 rings (SSSR count). The van der Waals surface area contributed by atoms with Gasteiger partial charge in [-0.1, -0.05) is 20.8 Å². The summed E-state index contributed by atoms with van der Waals surface area (Å²) in [6.07, 6.45) is 7.13. The Bertz CT molecular complexity index is 480. The lowest BCUT2D eigenvalue weighted by atomic mass is 9.70. The van der Waals surface area contributed by atoms with Crippen molar-refractivity contribution in [3.8, 4) is 0 Å². The molecule has 4 nitrogen and oxygen atoms in total. The van der Waals surface area contributed by atoms with E-state index in [1.165, 1.54) is 0 Å². The van der Waals surface area contributed by atoms with Crippen molar-refractivity contribution in [2.75, 3.05) is 19.0 Å². The van der Waals surface area contributed by atoms with Crippen LogP contribution in [0.15, 0.2) is 10.7 Å². The lowest BCUT2D eigenvalue weighted by Crippen LogP contribution is -2.38. The van der Waals surface area contributed by atoms with E-state index in [1.54, 1.807) is 7.11 Å². The molecule has 0 aliphatic heterocycles. The van der Waals surface area contributed by atoms with Crippen molar-refractivity contribution in [2.24, 2.45) is 5.41 Å². The van der Waals surface area contributed by atoms with Gasteiger partial charge < -0.3 is 10.1 Å². The highest BCUT2D eigenvalue weighted by Gasteiger charge is 2.42. The number of anilines is 1. The number of nitrogens with one attached hydrogen (secondary N) is 1. The molecular formula is C16H26BrN3O. The van der Waals surface area contributed by atoms with Gasteiger partial charge in [-0.25, -0.2) is 9.97 Å². The van der Waals surface area contributed by atoms with Gasteiger partial charge in [-0.2, -0.15) is 0 Å². The topological polar surface area (TPSA) is 47.0 Å². The fraction of sp³-hybridized carbons (Fsp3) is 0.750. The maximum Gasteiger partial charge on any atom is 0.162 e. The monoisotopic (exact) mass is 355 g/mol. The number of rotatable bonds is 5. The van der Waals surface area contributed by atoms with Gasteiger partial charge in [-0.15, -0.1) is 0 Å². The number of aromatic nitrogens is 2. The van der Waals surface area contributed by atoms with Crippen LogP contribution in [0.5, 0.6) is 0 Å². The van der Waals surface area contributed by atoms with Crippen LogP contribution in [0.4, 0.5) is 5.82 Å². The highest BCUT2D eigenvalue weighted by atomic mass is 79.9. The average Bonchev–Trinajstić information content (AvgIpc) is 2.47. The van der Waals surface area contributed by atoms with Gasteiger partial charge in [0.2, 0.25) is 0 Å². The van der Waals surface area contributed by atoms with E-state index in [4.69, 9.17) is 9.72 Å². The summed E-state index contributed by atoms with van der Waals surface area (Å²) in [5, 5.41) is 3.35. The Morgan fingerprint density at radius 2 is 1.95 bits per heavy atom. The molecule has 0 radical (unpaired) electrons. The van der Waals surface area contributed by atoms with Gasteiger partial charge >= 0.3 is 0 Å². The summed E-state index contributed by atoms with van der Waals surface area (Å²) >= 11 is 3.51. The first-order chi connectivity index (χ1) is 9.92. The Kier molecular flexibility index (Phi) is 5.25. The molecule has 0 amide bonds. The van der Waals surface area contributed by atoms with E-state index in [0.29, 0.717) is 5.41 Å². The molecule has 1 aliphatic rings. The maximum atomic E-state index is 5.89. The molecule has 5 heteroatoms. The first kappa shape index (κ1) is 16.7. The summed E-state index contributed by atoms with van der Waals surface area (Å²) in [4.78, 5) is 9.27. The lowest BCUT2D eigenvalue weighted by molar-refractivity contribution is -0.0728. The third-order valence-electron chi connectivity index (χ3n) is 4.50. The van der Waals surface area contributed by atoms with Crippen molar-refractivity contribution < 1.29 is 4.74 Å². The van der Waals surface area contributed by atoms with Gasteiger partial charge in [0.15, 0.2) is 5.82 Å². The molecule has 1 saturated carbocycles. The zero-order chi connectivity index (χ0) is 15.5. The molecular weight excluding hydrogens is 330 g/mol. The molecule has 1 aliphatic carbocycles. The van der Waals surface area contributed by atoms with Crippen molar-refractivity contribution in [1.82, 2.24) is 9.97 Å². The van der Waals surface area contributed by atoms with Crippen molar-refractivity contribution in [3.63, 3.8) is 0 Å². The third kappa shape index (κ3) is 3.75. The fourth-order valence-electron chi connectivity index (χ4n) is 2.80. The molecule has 1 aromatic heterocycles. The fourth-order valence-corrected chi connectivity index (χ4v) is 3.13. The third-order valence-corrected chi connectivity index (χ3v) is 5.08. The number of nitrogens with zero attached hydrogens (tertiary/aromatic N) is 2. The van der Waals surface area contributed by atoms with E-state index in [1.807, 2.05) is 6.20 Å². The Morgan fingerprint density at radius 1 is 1.29 bits per heavy atom. The van der Waals surface area contributed by atoms with Crippen LogP contribution in [0, 0.1) is 5.41 Å². The number of methoxy groups -OCH3 is 1. The summed E-state index contributed by atoms with van der Waals surface area (Å²) in [6, 6.07) is 0. The second-order valence-corrected chi connectivity index (χ2v) is 7.53. The van der Waals surface area contributed by atoms with Gasteiger partial charge in [-0.3, -0.25) is 0 Å². The Morgan fingerprint density at radius 3 is 2.52 bits per heavy atom. The zero-order valence-corrected chi connectivity index (χ0v) is 15.1. The van der Waals surface area contributed by atoms with Crippen LogP contribution in [-0.4, -0.2) is 23.6 Å². The molecule has 0 saturated heterocycles. The van der Waals surface area contributed by atoms with E-state index in [-0.39, 0.29) is 5.60 Å². The molecule has 118 valence electrons. The minimum Gasteiger partial charge on any atom is -0.370 e. The maximum absolute atomic E-state index is 5.89. The van der Waals surface area contributed by atoms with Crippen molar-refractivity contribution >= 4 is 21.7 Å². The molecule has 0 aromatic carbocycles. The minimum absolute atomic E-state index is 0.334.